The van der Waals surface area contributed by atoms with Crippen LogP contribution in [0.1, 0.15) is 49.1 Å². The van der Waals surface area contributed by atoms with Gasteiger partial charge in [-0.25, -0.2) is 4.98 Å². The maximum Gasteiger partial charge on any atom is 0.263 e. The zero-order valence-corrected chi connectivity index (χ0v) is 19.1. The lowest BCUT2D eigenvalue weighted by atomic mass is 9.94. The second kappa shape index (κ2) is 9.41. The smallest absolute Gasteiger partial charge is 0.263 e. The first kappa shape index (κ1) is 22.0. The standard InChI is InChI=1S/C22H33N3O3S/c1-22(2,3)21-23-18(14-25(21)13-16-6-9-28-10-7-16)17-12-19(29-15-17)20(26)24(4)8-11-27-5/h12,14-16H,6-11,13H2,1-5H3. The first-order valence-corrected chi connectivity index (χ1v) is 11.2. The first-order valence-electron chi connectivity index (χ1n) is 10.3. The zero-order chi connectivity index (χ0) is 21.0. The van der Waals surface area contributed by atoms with Crippen molar-refractivity contribution in [2.75, 3.05) is 40.5 Å². The number of thiophene rings is 1. The van der Waals surface area contributed by atoms with Gasteiger partial charge in [-0.15, -0.1) is 11.3 Å². The van der Waals surface area contributed by atoms with Crippen molar-refractivity contribution in [3.63, 3.8) is 0 Å². The Labute approximate surface area is 177 Å². The lowest BCUT2D eigenvalue weighted by Crippen LogP contribution is -2.29. The van der Waals surface area contributed by atoms with Crippen LogP contribution in [0.4, 0.5) is 0 Å². The monoisotopic (exact) mass is 419 g/mol. The molecule has 1 amide bonds. The molecule has 7 heteroatoms. The van der Waals surface area contributed by atoms with Crippen molar-refractivity contribution in [3.8, 4) is 11.3 Å². The third kappa shape index (κ3) is 5.47. The van der Waals surface area contributed by atoms with E-state index in [0.717, 1.165) is 54.6 Å². The Morgan fingerprint density at radius 3 is 2.76 bits per heavy atom. The van der Waals surface area contributed by atoms with Crippen molar-refractivity contribution in [2.24, 2.45) is 5.92 Å². The van der Waals surface area contributed by atoms with E-state index in [1.807, 2.05) is 11.4 Å². The van der Waals surface area contributed by atoms with Crippen LogP contribution in [0.3, 0.4) is 0 Å². The van der Waals surface area contributed by atoms with Crippen molar-refractivity contribution < 1.29 is 14.3 Å². The minimum atomic E-state index is -0.0432. The van der Waals surface area contributed by atoms with Gasteiger partial charge in [0.2, 0.25) is 0 Å². The van der Waals surface area contributed by atoms with Gasteiger partial charge in [0.05, 0.1) is 17.2 Å². The molecule has 29 heavy (non-hydrogen) atoms. The van der Waals surface area contributed by atoms with Crippen LogP contribution < -0.4 is 0 Å². The summed E-state index contributed by atoms with van der Waals surface area (Å²) in [5.74, 6) is 1.74. The third-order valence-electron chi connectivity index (χ3n) is 5.33. The van der Waals surface area contributed by atoms with Crippen molar-refractivity contribution >= 4 is 17.2 Å². The van der Waals surface area contributed by atoms with Gasteiger partial charge < -0.3 is 18.9 Å². The largest absolute Gasteiger partial charge is 0.383 e. The van der Waals surface area contributed by atoms with E-state index in [-0.39, 0.29) is 11.3 Å². The molecule has 0 aromatic carbocycles. The molecule has 0 saturated carbocycles. The maximum atomic E-state index is 12.6. The Morgan fingerprint density at radius 1 is 1.38 bits per heavy atom. The molecule has 1 fully saturated rings. The minimum Gasteiger partial charge on any atom is -0.383 e. The molecule has 3 heterocycles. The summed E-state index contributed by atoms with van der Waals surface area (Å²) in [4.78, 5) is 20.0. The van der Waals surface area contributed by atoms with Gasteiger partial charge in [0, 0.05) is 63.0 Å². The third-order valence-corrected chi connectivity index (χ3v) is 6.24. The first-order chi connectivity index (χ1) is 13.8. The zero-order valence-electron chi connectivity index (χ0n) is 18.2. The summed E-state index contributed by atoms with van der Waals surface area (Å²) < 4.78 is 12.9. The fraction of sp³-hybridized carbons (Fsp3) is 0.636. The molecule has 6 nitrogen and oxygen atoms in total. The molecule has 0 radical (unpaired) electrons. The van der Waals surface area contributed by atoms with Crippen molar-refractivity contribution in [1.82, 2.24) is 14.5 Å². The Balaban J connectivity index is 1.81. The predicted molar refractivity (Wildman–Crippen MR) is 117 cm³/mol. The second-order valence-corrected chi connectivity index (χ2v) is 9.74. The summed E-state index contributed by atoms with van der Waals surface area (Å²) in [5, 5.41) is 2.03. The summed E-state index contributed by atoms with van der Waals surface area (Å²) in [6.45, 7) is 10.4. The van der Waals surface area contributed by atoms with Gasteiger partial charge in [0.15, 0.2) is 0 Å². The van der Waals surface area contributed by atoms with E-state index < -0.39 is 0 Å². The average Bonchev–Trinajstić information content (AvgIpc) is 3.33. The van der Waals surface area contributed by atoms with E-state index in [2.05, 4.69) is 31.5 Å². The molecular weight excluding hydrogens is 386 g/mol. The molecule has 1 aliphatic heterocycles. The van der Waals surface area contributed by atoms with Gasteiger partial charge in [-0.2, -0.15) is 0 Å². The highest BCUT2D eigenvalue weighted by Gasteiger charge is 2.25. The molecule has 0 bridgehead atoms. The number of likely N-dealkylation sites (N-methyl/N-ethyl adjacent to an activating group) is 1. The van der Waals surface area contributed by atoms with Crippen molar-refractivity contribution in [1.29, 1.82) is 0 Å². The highest BCUT2D eigenvalue weighted by atomic mass is 32.1. The summed E-state index contributed by atoms with van der Waals surface area (Å²) in [5.41, 5.74) is 1.91. The number of rotatable bonds is 7. The summed E-state index contributed by atoms with van der Waals surface area (Å²) in [6, 6.07) is 1.96. The van der Waals surface area contributed by atoms with E-state index in [0.29, 0.717) is 19.1 Å². The maximum absolute atomic E-state index is 12.6. The minimum absolute atomic E-state index is 0.0241. The number of methoxy groups -OCH3 is 1. The molecule has 0 unspecified atom stereocenters. The lowest BCUT2D eigenvalue weighted by molar-refractivity contribution is 0.0607. The highest BCUT2D eigenvalue weighted by molar-refractivity contribution is 7.12. The molecule has 0 atom stereocenters. The average molecular weight is 420 g/mol. The van der Waals surface area contributed by atoms with Gasteiger partial charge in [-0.3, -0.25) is 4.79 Å². The van der Waals surface area contributed by atoms with E-state index in [1.54, 1.807) is 19.1 Å². The number of aromatic nitrogens is 2. The van der Waals surface area contributed by atoms with Gasteiger partial charge in [0.1, 0.15) is 5.82 Å². The number of hydrogen-bond donors (Lipinski definition) is 0. The van der Waals surface area contributed by atoms with Crippen molar-refractivity contribution in [2.45, 2.75) is 45.6 Å². The number of carbonyl (C=O) groups excluding carboxylic acids is 1. The molecule has 1 aliphatic rings. The van der Waals surface area contributed by atoms with E-state index >= 15 is 0 Å². The van der Waals surface area contributed by atoms with Crippen LogP contribution in [0.15, 0.2) is 17.6 Å². The van der Waals surface area contributed by atoms with Crippen LogP contribution in [-0.4, -0.2) is 60.9 Å². The summed E-state index contributed by atoms with van der Waals surface area (Å²) in [6.07, 6.45) is 4.35. The summed E-state index contributed by atoms with van der Waals surface area (Å²) >= 11 is 1.47. The van der Waals surface area contributed by atoms with E-state index in [1.165, 1.54) is 11.3 Å². The van der Waals surface area contributed by atoms with Crippen LogP contribution in [0.25, 0.3) is 11.3 Å². The van der Waals surface area contributed by atoms with Gasteiger partial charge >= 0.3 is 0 Å². The molecule has 160 valence electrons. The topological polar surface area (TPSA) is 56.6 Å². The van der Waals surface area contributed by atoms with E-state index in [9.17, 15) is 4.79 Å². The Hall–Kier alpha value is -1.70. The lowest BCUT2D eigenvalue weighted by Gasteiger charge is -2.25. The number of ether oxygens (including phenoxy) is 2. The molecule has 0 spiro atoms. The Morgan fingerprint density at radius 2 is 2.10 bits per heavy atom. The van der Waals surface area contributed by atoms with Gasteiger partial charge in [0.25, 0.3) is 5.91 Å². The van der Waals surface area contributed by atoms with Crippen molar-refractivity contribution in [3.05, 3.63) is 28.3 Å². The van der Waals surface area contributed by atoms with Crippen LogP contribution in [0.5, 0.6) is 0 Å². The van der Waals surface area contributed by atoms with Crippen LogP contribution in [0.2, 0.25) is 0 Å². The SMILES string of the molecule is COCCN(C)C(=O)c1cc(-c2cn(CC3CCOCC3)c(C(C)(C)C)n2)cs1. The molecule has 2 aromatic rings. The Kier molecular flexibility index (Phi) is 7.14. The van der Waals surface area contributed by atoms with Crippen LogP contribution in [0, 0.1) is 5.92 Å². The quantitative estimate of drug-likeness (QED) is 0.679. The highest BCUT2D eigenvalue weighted by Crippen LogP contribution is 2.31. The predicted octanol–water partition coefficient (Wildman–Crippen LogP) is 4.05. The van der Waals surface area contributed by atoms with Crippen LogP contribution >= 0.6 is 11.3 Å². The molecular formula is C22H33N3O3S. The molecule has 2 aromatic heterocycles. The van der Waals surface area contributed by atoms with Gasteiger partial charge in [-0.1, -0.05) is 20.8 Å². The number of amides is 1. The molecule has 0 N–H and O–H groups in total. The summed E-state index contributed by atoms with van der Waals surface area (Å²) in [7, 11) is 3.45. The molecule has 3 rings (SSSR count). The fourth-order valence-electron chi connectivity index (χ4n) is 3.60. The molecule has 0 aliphatic carbocycles. The normalized spacial score (nSPS) is 15.6. The van der Waals surface area contributed by atoms with Gasteiger partial charge in [-0.05, 0) is 24.8 Å². The number of imidazole rings is 1. The second-order valence-electron chi connectivity index (χ2n) is 8.83. The Bertz CT molecular complexity index is 816. The van der Waals surface area contributed by atoms with E-state index in [4.69, 9.17) is 14.5 Å². The fourth-order valence-corrected chi connectivity index (χ4v) is 4.49. The number of nitrogens with zero attached hydrogens (tertiary/aromatic N) is 3. The molecule has 1 saturated heterocycles. The van der Waals surface area contributed by atoms with Crippen LogP contribution in [-0.2, 0) is 21.4 Å². The number of carbonyl (C=O) groups is 1. The number of hydrogen-bond acceptors (Lipinski definition) is 5.